The lowest BCUT2D eigenvalue weighted by molar-refractivity contribution is 0.469. The van der Waals surface area contributed by atoms with Gasteiger partial charge < -0.3 is 5.32 Å². The zero-order valence-corrected chi connectivity index (χ0v) is 10.6. The molecule has 1 N–H and O–H groups in total. The summed E-state index contributed by atoms with van der Waals surface area (Å²) in [7, 11) is 0. The van der Waals surface area contributed by atoms with E-state index in [1.54, 1.807) is 12.1 Å². The Kier molecular flexibility index (Phi) is 4.55. The molecule has 1 fully saturated rings. The number of halogens is 1. The number of rotatable bonds is 7. The molecule has 0 aliphatic heterocycles. The highest BCUT2D eigenvalue weighted by Crippen LogP contribution is 2.35. The van der Waals surface area contributed by atoms with Gasteiger partial charge in [0.2, 0.25) is 0 Å². The fourth-order valence-electron chi connectivity index (χ4n) is 2.21. The summed E-state index contributed by atoms with van der Waals surface area (Å²) >= 11 is 0. The molecule has 0 aromatic heterocycles. The molecule has 1 atom stereocenters. The summed E-state index contributed by atoms with van der Waals surface area (Å²) in [6.45, 7) is 3.21. The van der Waals surface area contributed by atoms with Crippen LogP contribution in [0.25, 0.3) is 0 Å². The van der Waals surface area contributed by atoms with Crippen molar-refractivity contribution in [3.8, 4) is 0 Å². The average molecular weight is 235 g/mol. The van der Waals surface area contributed by atoms with Crippen LogP contribution in [0.2, 0.25) is 0 Å². The zero-order chi connectivity index (χ0) is 12.1. The van der Waals surface area contributed by atoms with E-state index >= 15 is 0 Å². The lowest BCUT2D eigenvalue weighted by atomic mass is 10.0. The maximum absolute atomic E-state index is 12.9. The summed E-state index contributed by atoms with van der Waals surface area (Å²) in [6, 6.07) is 7.35. The predicted molar refractivity (Wildman–Crippen MR) is 69.4 cm³/mol. The van der Waals surface area contributed by atoms with Crippen LogP contribution >= 0.6 is 0 Å². The maximum atomic E-state index is 12.9. The smallest absolute Gasteiger partial charge is 0.123 e. The van der Waals surface area contributed by atoms with E-state index in [1.807, 2.05) is 12.1 Å². The minimum atomic E-state index is -0.148. The zero-order valence-electron chi connectivity index (χ0n) is 10.6. The summed E-state index contributed by atoms with van der Waals surface area (Å²) in [5, 5.41) is 3.57. The second kappa shape index (κ2) is 6.15. The van der Waals surface area contributed by atoms with E-state index in [0.717, 1.165) is 18.9 Å². The number of hydrogen-bond acceptors (Lipinski definition) is 1. The van der Waals surface area contributed by atoms with Crippen molar-refractivity contribution in [2.24, 2.45) is 5.92 Å². The number of nitrogens with one attached hydrogen (secondary N) is 1. The minimum Gasteiger partial charge on any atom is -0.310 e. The molecule has 1 unspecified atom stereocenters. The molecule has 1 aromatic carbocycles. The van der Waals surface area contributed by atoms with Crippen molar-refractivity contribution in [3.05, 3.63) is 35.6 Å². The Balaban J connectivity index is 1.93. The van der Waals surface area contributed by atoms with Gasteiger partial charge in [-0.3, -0.25) is 0 Å². The van der Waals surface area contributed by atoms with E-state index in [0.29, 0.717) is 6.04 Å². The van der Waals surface area contributed by atoms with E-state index in [9.17, 15) is 4.39 Å². The van der Waals surface area contributed by atoms with Gasteiger partial charge in [0.1, 0.15) is 5.82 Å². The molecule has 1 aliphatic carbocycles. The van der Waals surface area contributed by atoms with Crippen LogP contribution in [-0.2, 0) is 0 Å². The normalized spacial score (nSPS) is 17.1. The van der Waals surface area contributed by atoms with E-state index in [-0.39, 0.29) is 5.82 Å². The molecular weight excluding hydrogens is 213 g/mol. The van der Waals surface area contributed by atoms with Crippen LogP contribution in [0.5, 0.6) is 0 Å². The first-order valence-corrected chi connectivity index (χ1v) is 6.78. The Morgan fingerprint density at radius 1 is 1.29 bits per heavy atom. The van der Waals surface area contributed by atoms with Crippen LogP contribution in [0.1, 0.15) is 50.6 Å². The monoisotopic (exact) mass is 235 g/mol. The van der Waals surface area contributed by atoms with Gasteiger partial charge in [-0.1, -0.05) is 31.9 Å². The third-order valence-electron chi connectivity index (χ3n) is 3.47. The first-order chi connectivity index (χ1) is 8.29. The van der Waals surface area contributed by atoms with Gasteiger partial charge in [0, 0.05) is 6.04 Å². The van der Waals surface area contributed by atoms with E-state index < -0.39 is 0 Å². The Hall–Kier alpha value is -0.890. The van der Waals surface area contributed by atoms with Crippen molar-refractivity contribution in [2.45, 2.75) is 45.1 Å². The van der Waals surface area contributed by atoms with E-state index in [1.165, 1.54) is 31.2 Å². The highest BCUT2D eigenvalue weighted by Gasteiger charge is 2.22. The molecule has 0 heterocycles. The van der Waals surface area contributed by atoms with Crippen LogP contribution in [0.4, 0.5) is 4.39 Å². The van der Waals surface area contributed by atoms with E-state index in [2.05, 4.69) is 12.2 Å². The van der Waals surface area contributed by atoms with Gasteiger partial charge in [0.15, 0.2) is 0 Å². The summed E-state index contributed by atoms with van der Waals surface area (Å²) in [5.41, 5.74) is 1.22. The highest BCUT2D eigenvalue weighted by atomic mass is 19.1. The van der Waals surface area contributed by atoms with Crippen molar-refractivity contribution in [2.75, 3.05) is 6.54 Å². The molecule has 94 valence electrons. The number of hydrogen-bond donors (Lipinski definition) is 1. The Labute approximate surface area is 103 Å². The topological polar surface area (TPSA) is 12.0 Å². The Morgan fingerprint density at radius 2 is 2.00 bits per heavy atom. The molecule has 1 saturated carbocycles. The lowest BCUT2D eigenvalue weighted by Crippen LogP contribution is -2.22. The molecule has 1 aromatic rings. The van der Waals surface area contributed by atoms with Crippen molar-refractivity contribution in [1.29, 1.82) is 0 Å². The van der Waals surface area contributed by atoms with Crippen molar-refractivity contribution in [3.63, 3.8) is 0 Å². The van der Waals surface area contributed by atoms with Gasteiger partial charge in [0.25, 0.3) is 0 Å². The minimum absolute atomic E-state index is 0.148. The molecule has 1 nitrogen and oxygen atoms in total. The van der Waals surface area contributed by atoms with Crippen LogP contribution in [-0.4, -0.2) is 6.54 Å². The molecule has 0 bridgehead atoms. The second-order valence-corrected chi connectivity index (χ2v) is 5.08. The summed E-state index contributed by atoms with van der Waals surface area (Å²) in [6.07, 6.45) is 6.43. The largest absolute Gasteiger partial charge is 0.310 e. The van der Waals surface area contributed by atoms with Crippen LogP contribution < -0.4 is 5.32 Å². The van der Waals surface area contributed by atoms with Gasteiger partial charge in [-0.15, -0.1) is 0 Å². The molecule has 0 spiro atoms. The Bertz CT molecular complexity index is 329. The van der Waals surface area contributed by atoms with Gasteiger partial charge in [-0.2, -0.15) is 0 Å². The predicted octanol–water partition coefficient (Wildman–Crippen LogP) is 4.06. The fourth-order valence-corrected chi connectivity index (χ4v) is 2.21. The van der Waals surface area contributed by atoms with Gasteiger partial charge in [0.05, 0.1) is 0 Å². The molecule has 2 rings (SSSR count). The second-order valence-electron chi connectivity index (χ2n) is 5.08. The molecule has 0 amide bonds. The first-order valence-electron chi connectivity index (χ1n) is 6.78. The van der Waals surface area contributed by atoms with Crippen LogP contribution in [0.3, 0.4) is 0 Å². The standard InChI is InChI=1S/C15H22FN/c1-2-11-17-15(10-5-12-3-4-12)13-6-8-14(16)9-7-13/h6-9,12,15,17H,2-5,10-11H2,1H3. The van der Waals surface area contributed by atoms with Crippen LogP contribution in [0.15, 0.2) is 24.3 Å². The van der Waals surface area contributed by atoms with Crippen molar-refractivity contribution in [1.82, 2.24) is 5.32 Å². The molecular formula is C15H22FN. The molecule has 1 aliphatic rings. The van der Waals surface area contributed by atoms with Crippen LogP contribution in [0, 0.1) is 11.7 Å². The molecule has 0 radical (unpaired) electrons. The average Bonchev–Trinajstić information content (AvgIpc) is 3.15. The van der Waals surface area contributed by atoms with Crippen molar-refractivity contribution < 1.29 is 4.39 Å². The Morgan fingerprint density at radius 3 is 2.59 bits per heavy atom. The SMILES string of the molecule is CCCNC(CCC1CC1)c1ccc(F)cc1. The molecule has 2 heteroatoms. The summed E-state index contributed by atoms with van der Waals surface area (Å²) < 4.78 is 12.9. The molecule has 17 heavy (non-hydrogen) atoms. The quantitative estimate of drug-likeness (QED) is 0.751. The van der Waals surface area contributed by atoms with E-state index in [4.69, 9.17) is 0 Å². The lowest BCUT2D eigenvalue weighted by Gasteiger charge is -2.19. The number of benzene rings is 1. The molecule has 0 saturated heterocycles. The van der Waals surface area contributed by atoms with Gasteiger partial charge in [-0.05, 0) is 49.4 Å². The van der Waals surface area contributed by atoms with Crippen molar-refractivity contribution >= 4 is 0 Å². The highest BCUT2D eigenvalue weighted by molar-refractivity contribution is 5.19. The summed E-state index contributed by atoms with van der Waals surface area (Å²) in [5.74, 6) is 0.812. The third-order valence-corrected chi connectivity index (χ3v) is 3.47. The summed E-state index contributed by atoms with van der Waals surface area (Å²) in [4.78, 5) is 0. The third kappa shape index (κ3) is 4.12. The fraction of sp³-hybridized carbons (Fsp3) is 0.600. The van der Waals surface area contributed by atoms with Gasteiger partial charge in [-0.25, -0.2) is 4.39 Å². The first kappa shape index (κ1) is 12.6. The van der Waals surface area contributed by atoms with Gasteiger partial charge >= 0.3 is 0 Å². The maximum Gasteiger partial charge on any atom is 0.123 e.